The number of nitrogens with one attached hydrogen (secondary N) is 1. The lowest BCUT2D eigenvalue weighted by Crippen LogP contribution is -2.22. The van der Waals surface area contributed by atoms with E-state index < -0.39 is 11.7 Å². The summed E-state index contributed by atoms with van der Waals surface area (Å²) in [6.07, 6.45) is 0.268. The van der Waals surface area contributed by atoms with E-state index >= 15 is 0 Å². The van der Waals surface area contributed by atoms with Gasteiger partial charge in [0.05, 0.1) is 11.3 Å². The number of halogens is 3. The first kappa shape index (κ1) is 15.5. The number of anilines is 1. The summed E-state index contributed by atoms with van der Waals surface area (Å²) in [7, 11) is 0. The van der Waals surface area contributed by atoms with Crippen LogP contribution in [0, 0.1) is 5.41 Å². The number of pyridine rings is 1. The number of hydrogen-bond donors (Lipinski definition) is 1. The van der Waals surface area contributed by atoms with Gasteiger partial charge in [0.15, 0.2) is 0 Å². The van der Waals surface area contributed by atoms with E-state index in [4.69, 9.17) is 0 Å². The Labute approximate surface area is 122 Å². The molecule has 0 saturated carbocycles. The molecular weight excluding hydrogens is 279 g/mol. The van der Waals surface area contributed by atoms with Gasteiger partial charge < -0.3 is 0 Å². The number of hydrazone groups is 1. The van der Waals surface area contributed by atoms with Gasteiger partial charge >= 0.3 is 6.18 Å². The van der Waals surface area contributed by atoms with Gasteiger partial charge in [0.1, 0.15) is 5.82 Å². The van der Waals surface area contributed by atoms with Gasteiger partial charge in [0.2, 0.25) is 0 Å². The van der Waals surface area contributed by atoms with Gasteiger partial charge in [-0.1, -0.05) is 19.4 Å². The van der Waals surface area contributed by atoms with Crippen molar-refractivity contribution in [1.29, 1.82) is 0 Å². The normalized spacial score (nSPS) is 20.3. The second-order valence-electron chi connectivity index (χ2n) is 6.15. The summed E-state index contributed by atoms with van der Waals surface area (Å²) in [5.41, 5.74) is 4.22. The number of rotatable bonds is 2. The molecule has 1 aromatic rings. The predicted octanol–water partition coefficient (Wildman–Crippen LogP) is 4.63. The van der Waals surface area contributed by atoms with Crippen molar-refractivity contribution in [3.8, 4) is 0 Å². The molecule has 0 atom stereocenters. The van der Waals surface area contributed by atoms with Crippen LogP contribution in [0.5, 0.6) is 0 Å². The molecule has 0 saturated heterocycles. The van der Waals surface area contributed by atoms with Gasteiger partial charge in [-0.25, -0.2) is 4.98 Å². The first-order valence-corrected chi connectivity index (χ1v) is 6.69. The quantitative estimate of drug-likeness (QED) is 0.808. The molecule has 0 aliphatic heterocycles. The summed E-state index contributed by atoms with van der Waals surface area (Å²) >= 11 is 0. The Morgan fingerprint density at radius 1 is 1.24 bits per heavy atom. The van der Waals surface area contributed by atoms with Gasteiger partial charge in [-0.05, 0) is 43.4 Å². The highest BCUT2D eigenvalue weighted by Crippen LogP contribution is 2.33. The second-order valence-corrected chi connectivity index (χ2v) is 6.15. The third-order valence-corrected chi connectivity index (χ3v) is 3.23. The Bertz CT molecular complexity index is 569. The highest BCUT2D eigenvalue weighted by Gasteiger charge is 2.30. The van der Waals surface area contributed by atoms with Crippen LogP contribution in [0.4, 0.5) is 19.0 Å². The fraction of sp³-hybridized carbons (Fsp3) is 0.467. The second kappa shape index (κ2) is 5.50. The average Bonchev–Trinajstić information content (AvgIpc) is 2.33. The number of nitrogens with zero attached hydrogens (tertiary/aromatic N) is 2. The van der Waals surface area contributed by atoms with E-state index in [0.717, 1.165) is 30.8 Å². The average molecular weight is 297 g/mol. The molecule has 1 N–H and O–H groups in total. The van der Waals surface area contributed by atoms with Crippen LogP contribution in [0.2, 0.25) is 0 Å². The smallest absolute Gasteiger partial charge is 0.261 e. The van der Waals surface area contributed by atoms with Crippen molar-refractivity contribution in [3.05, 3.63) is 35.5 Å². The largest absolute Gasteiger partial charge is 0.417 e. The Kier molecular flexibility index (Phi) is 4.07. The van der Waals surface area contributed by atoms with Crippen LogP contribution in [0.1, 0.15) is 39.2 Å². The van der Waals surface area contributed by atoms with E-state index in [9.17, 15) is 13.2 Å². The molecule has 114 valence electrons. The third-order valence-electron chi connectivity index (χ3n) is 3.23. The molecule has 1 aliphatic carbocycles. The molecule has 1 heterocycles. The van der Waals surface area contributed by atoms with Crippen molar-refractivity contribution in [3.63, 3.8) is 0 Å². The van der Waals surface area contributed by atoms with E-state index in [2.05, 4.69) is 29.4 Å². The van der Waals surface area contributed by atoms with Crippen LogP contribution in [-0.2, 0) is 6.18 Å². The molecule has 0 aromatic carbocycles. The van der Waals surface area contributed by atoms with Crippen molar-refractivity contribution >= 4 is 11.5 Å². The zero-order valence-electron chi connectivity index (χ0n) is 12.3. The van der Waals surface area contributed by atoms with Crippen LogP contribution in [-0.4, -0.2) is 10.7 Å². The summed E-state index contributed by atoms with van der Waals surface area (Å²) in [5.74, 6) is 0.296. The maximum absolute atomic E-state index is 12.4. The maximum Gasteiger partial charge on any atom is 0.417 e. The summed E-state index contributed by atoms with van der Waals surface area (Å²) in [6.45, 7) is 6.37. The molecule has 1 aromatic heterocycles. The Morgan fingerprint density at radius 3 is 2.48 bits per heavy atom. The predicted molar refractivity (Wildman–Crippen MR) is 77.1 cm³/mol. The molecule has 3 nitrogen and oxygen atoms in total. The van der Waals surface area contributed by atoms with Crippen LogP contribution in [0.3, 0.4) is 0 Å². The highest BCUT2D eigenvalue weighted by atomic mass is 19.4. The van der Waals surface area contributed by atoms with Gasteiger partial charge in [-0.2, -0.15) is 18.3 Å². The number of aromatic nitrogens is 1. The first-order chi connectivity index (χ1) is 9.66. The molecule has 0 unspecified atom stereocenters. The number of alkyl halides is 3. The first-order valence-electron chi connectivity index (χ1n) is 6.69. The van der Waals surface area contributed by atoms with Crippen LogP contribution in [0.25, 0.3) is 0 Å². The molecule has 1 aliphatic rings. The van der Waals surface area contributed by atoms with Gasteiger partial charge in [0, 0.05) is 6.20 Å². The highest BCUT2D eigenvalue weighted by molar-refractivity contribution is 5.97. The standard InChI is InChI=1S/C15H18F3N3/c1-10-6-12(8-14(2,3)7-10)20-21-13-5-4-11(9-19-13)15(16,17)18/h4-6,9H,7-8H2,1-3H3,(H,19,21). The zero-order valence-corrected chi connectivity index (χ0v) is 12.3. The minimum Gasteiger partial charge on any atom is -0.261 e. The summed E-state index contributed by atoms with van der Waals surface area (Å²) in [5, 5.41) is 4.24. The molecular formula is C15H18F3N3. The molecule has 0 amide bonds. The number of allylic oxidation sites excluding steroid dienone is 2. The van der Waals surface area contributed by atoms with E-state index in [1.165, 1.54) is 11.6 Å². The van der Waals surface area contributed by atoms with Crippen molar-refractivity contribution in [2.45, 2.75) is 39.8 Å². The number of hydrogen-bond acceptors (Lipinski definition) is 3. The lowest BCUT2D eigenvalue weighted by atomic mass is 9.77. The molecule has 2 rings (SSSR count). The zero-order chi connectivity index (χ0) is 15.7. The third kappa shape index (κ3) is 4.31. The van der Waals surface area contributed by atoms with Crippen molar-refractivity contribution in [2.24, 2.45) is 10.5 Å². The van der Waals surface area contributed by atoms with Gasteiger partial charge in [0.25, 0.3) is 0 Å². The fourth-order valence-corrected chi connectivity index (χ4v) is 2.52. The van der Waals surface area contributed by atoms with E-state index in [1.54, 1.807) is 0 Å². The SMILES string of the molecule is CC1=CC(=NNc2ccc(C(F)(F)F)cn2)CC(C)(C)C1. The van der Waals surface area contributed by atoms with Crippen LogP contribution >= 0.6 is 0 Å². The lowest BCUT2D eigenvalue weighted by Gasteiger charge is -2.29. The summed E-state index contributed by atoms with van der Waals surface area (Å²) < 4.78 is 37.3. The molecule has 0 bridgehead atoms. The minimum absolute atomic E-state index is 0.146. The monoisotopic (exact) mass is 297 g/mol. The molecule has 0 radical (unpaired) electrons. The van der Waals surface area contributed by atoms with Gasteiger partial charge in [-0.3, -0.25) is 5.43 Å². The Balaban J connectivity index is 2.09. The van der Waals surface area contributed by atoms with Crippen molar-refractivity contribution in [1.82, 2.24) is 4.98 Å². The molecule has 21 heavy (non-hydrogen) atoms. The summed E-state index contributed by atoms with van der Waals surface area (Å²) in [6, 6.07) is 2.26. The summed E-state index contributed by atoms with van der Waals surface area (Å²) in [4.78, 5) is 3.73. The van der Waals surface area contributed by atoms with Crippen molar-refractivity contribution in [2.75, 3.05) is 5.43 Å². The molecule has 0 fully saturated rings. The Hall–Kier alpha value is -1.85. The minimum atomic E-state index is -4.37. The van der Waals surface area contributed by atoms with Crippen molar-refractivity contribution < 1.29 is 13.2 Å². The van der Waals surface area contributed by atoms with Crippen LogP contribution in [0.15, 0.2) is 35.1 Å². The van der Waals surface area contributed by atoms with E-state index in [-0.39, 0.29) is 5.41 Å². The molecule has 6 heteroatoms. The maximum atomic E-state index is 12.4. The topological polar surface area (TPSA) is 37.3 Å². The Morgan fingerprint density at radius 2 is 1.95 bits per heavy atom. The van der Waals surface area contributed by atoms with E-state index in [1.807, 2.05) is 13.0 Å². The van der Waals surface area contributed by atoms with Gasteiger partial charge in [-0.15, -0.1) is 0 Å². The lowest BCUT2D eigenvalue weighted by molar-refractivity contribution is -0.137. The van der Waals surface area contributed by atoms with Crippen LogP contribution < -0.4 is 5.43 Å². The van der Waals surface area contributed by atoms with E-state index in [0.29, 0.717) is 5.82 Å². The fourth-order valence-electron chi connectivity index (χ4n) is 2.52. The molecule has 0 spiro atoms.